The summed E-state index contributed by atoms with van der Waals surface area (Å²) in [6.45, 7) is 0.994. The van der Waals surface area contributed by atoms with Crippen molar-refractivity contribution in [1.29, 1.82) is 0 Å². The molecule has 0 aliphatic carbocycles. The zero-order valence-electron chi connectivity index (χ0n) is 10.0. The minimum absolute atomic E-state index is 0.0210. The number of sulfonamides is 1. The largest absolute Gasteiger partial charge is 0.380 e. The van der Waals surface area contributed by atoms with E-state index < -0.39 is 15.8 Å². The van der Waals surface area contributed by atoms with Gasteiger partial charge in [-0.3, -0.25) is 0 Å². The summed E-state index contributed by atoms with van der Waals surface area (Å²) in [6.07, 6.45) is 0.489. The summed E-state index contributed by atoms with van der Waals surface area (Å²) in [6, 6.07) is 3.19. The lowest BCUT2D eigenvalue weighted by Crippen LogP contribution is -2.26. The van der Waals surface area contributed by atoms with Crippen LogP contribution in [-0.2, 0) is 14.8 Å². The number of hydrogen-bond donors (Lipinski definition) is 1. The fourth-order valence-electron chi connectivity index (χ4n) is 1.30. The molecule has 1 rings (SSSR count). The molecular formula is C11H14Cl2FNO3S. The summed E-state index contributed by atoms with van der Waals surface area (Å²) in [5, 5.41) is -0.0210. The fourth-order valence-corrected chi connectivity index (χ4v) is 2.99. The molecule has 108 valence electrons. The summed E-state index contributed by atoms with van der Waals surface area (Å²) in [5.41, 5.74) is 0. The molecule has 0 aliphatic heterocycles. The van der Waals surface area contributed by atoms with Crippen LogP contribution in [-0.4, -0.2) is 34.1 Å². The van der Waals surface area contributed by atoms with Gasteiger partial charge in [-0.1, -0.05) is 11.6 Å². The molecule has 0 unspecified atom stereocenters. The highest BCUT2D eigenvalue weighted by molar-refractivity contribution is 7.89. The fraction of sp³-hybridized carbons (Fsp3) is 0.455. The van der Waals surface area contributed by atoms with E-state index in [1.807, 2.05) is 0 Å². The van der Waals surface area contributed by atoms with Crippen LogP contribution in [0.3, 0.4) is 0 Å². The topological polar surface area (TPSA) is 55.4 Å². The average Bonchev–Trinajstić information content (AvgIpc) is 2.36. The third-order valence-corrected chi connectivity index (χ3v) is 4.26. The number of rotatable bonds is 8. The van der Waals surface area contributed by atoms with Crippen LogP contribution in [0.4, 0.5) is 4.39 Å². The number of ether oxygens (including phenoxy) is 1. The van der Waals surface area contributed by atoms with E-state index in [9.17, 15) is 12.8 Å². The summed E-state index contributed by atoms with van der Waals surface area (Å²) in [4.78, 5) is -0.268. The number of benzene rings is 1. The summed E-state index contributed by atoms with van der Waals surface area (Å²) in [7, 11) is -3.81. The van der Waals surface area contributed by atoms with Crippen molar-refractivity contribution < 1.29 is 17.5 Å². The third-order valence-electron chi connectivity index (χ3n) is 2.16. The van der Waals surface area contributed by atoms with E-state index in [0.29, 0.717) is 25.5 Å². The molecule has 0 amide bonds. The van der Waals surface area contributed by atoms with Crippen LogP contribution in [0.25, 0.3) is 0 Å². The third kappa shape index (κ3) is 5.62. The summed E-state index contributed by atoms with van der Waals surface area (Å²) < 4.78 is 44.2. The molecule has 0 fully saturated rings. The van der Waals surface area contributed by atoms with Crippen molar-refractivity contribution in [2.75, 3.05) is 25.6 Å². The molecule has 0 bridgehead atoms. The molecule has 19 heavy (non-hydrogen) atoms. The van der Waals surface area contributed by atoms with Crippen LogP contribution >= 0.6 is 23.2 Å². The van der Waals surface area contributed by atoms with E-state index in [0.717, 1.165) is 12.1 Å². The number of alkyl halides is 1. The quantitative estimate of drug-likeness (QED) is 0.588. The number of nitrogens with one attached hydrogen (secondary N) is 1. The van der Waals surface area contributed by atoms with Crippen molar-refractivity contribution in [3.05, 3.63) is 29.0 Å². The highest BCUT2D eigenvalue weighted by Crippen LogP contribution is 2.21. The van der Waals surface area contributed by atoms with Gasteiger partial charge in [0.25, 0.3) is 0 Å². The second-order valence-corrected chi connectivity index (χ2v) is 6.15. The molecule has 4 nitrogen and oxygen atoms in total. The Morgan fingerprint density at radius 3 is 2.74 bits per heavy atom. The predicted molar refractivity (Wildman–Crippen MR) is 72.8 cm³/mol. The molecule has 1 N–H and O–H groups in total. The lowest BCUT2D eigenvalue weighted by atomic mass is 10.3. The van der Waals surface area contributed by atoms with E-state index in [2.05, 4.69) is 4.72 Å². The second kappa shape index (κ2) is 8.01. The van der Waals surface area contributed by atoms with Crippen molar-refractivity contribution in [3.8, 4) is 0 Å². The molecular weight excluding hydrogens is 316 g/mol. The molecule has 0 saturated carbocycles. The zero-order valence-corrected chi connectivity index (χ0v) is 12.4. The van der Waals surface area contributed by atoms with Gasteiger partial charge in [-0.2, -0.15) is 0 Å². The highest BCUT2D eigenvalue weighted by atomic mass is 35.5. The van der Waals surface area contributed by atoms with E-state index in [1.54, 1.807) is 0 Å². The van der Waals surface area contributed by atoms with Gasteiger partial charge in [-0.05, 0) is 24.6 Å². The first-order valence-electron chi connectivity index (χ1n) is 5.56. The Labute approximate surface area is 121 Å². The molecule has 0 aliphatic rings. The van der Waals surface area contributed by atoms with Gasteiger partial charge >= 0.3 is 0 Å². The molecule has 0 saturated heterocycles. The van der Waals surface area contributed by atoms with E-state index in [-0.39, 0.29) is 16.5 Å². The summed E-state index contributed by atoms with van der Waals surface area (Å²) in [5.74, 6) is -0.264. The van der Waals surface area contributed by atoms with Crippen LogP contribution in [0.2, 0.25) is 5.02 Å². The second-order valence-electron chi connectivity index (χ2n) is 3.63. The van der Waals surface area contributed by atoms with Crippen molar-refractivity contribution in [2.45, 2.75) is 11.3 Å². The van der Waals surface area contributed by atoms with Crippen LogP contribution in [0.15, 0.2) is 23.1 Å². The monoisotopic (exact) mass is 329 g/mol. The molecule has 0 heterocycles. The Balaban J connectivity index is 2.54. The number of hydrogen-bond acceptors (Lipinski definition) is 3. The minimum Gasteiger partial charge on any atom is -0.380 e. The Hall–Kier alpha value is -0.400. The van der Waals surface area contributed by atoms with Gasteiger partial charge < -0.3 is 4.74 Å². The minimum atomic E-state index is -3.81. The standard InChI is InChI=1S/C11H14Cl2FNO3S/c12-4-7-18-6-1-5-15-19(16,17)11-8-9(14)2-3-10(11)13/h2-3,8,15H,1,4-7H2. The maximum absolute atomic E-state index is 13.0. The zero-order chi connectivity index (χ0) is 14.3. The van der Waals surface area contributed by atoms with Gasteiger partial charge in [-0.25, -0.2) is 17.5 Å². The summed E-state index contributed by atoms with van der Waals surface area (Å²) >= 11 is 11.1. The Morgan fingerprint density at radius 2 is 2.05 bits per heavy atom. The Bertz CT molecular complexity index is 511. The molecule has 8 heteroatoms. The van der Waals surface area contributed by atoms with Crippen LogP contribution < -0.4 is 4.72 Å². The van der Waals surface area contributed by atoms with Crippen molar-refractivity contribution in [2.24, 2.45) is 0 Å². The van der Waals surface area contributed by atoms with Crippen LogP contribution in [0.1, 0.15) is 6.42 Å². The lowest BCUT2D eigenvalue weighted by molar-refractivity contribution is 0.147. The van der Waals surface area contributed by atoms with Gasteiger partial charge in [-0.15, -0.1) is 11.6 Å². The highest BCUT2D eigenvalue weighted by Gasteiger charge is 2.17. The maximum Gasteiger partial charge on any atom is 0.242 e. The van der Waals surface area contributed by atoms with E-state index in [1.165, 1.54) is 6.07 Å². The maximum atomic E-state index is 13.0. The normalized spacial score (nSPS) is 11.7. The first kappa shape index (κ1) is 16.7. The Morgan fingerprint density at radius 1 is 1.32 bits per heavy atom. The first-order valence-corrected chi connectivity index (χ1v) is 7.95. The van der Waals surface area contributed by atoms with Gasteiger partial charge in [0.05, 0.1) is 11.6 Å². The molecule has 0 spiro atoms. The molecule has 0 radical (unpaired) electrons. The first-order chi connectivity index (χ1) is 8.97. The molecule has 0 atom stereocenters. The van der Waals surface area contributed by atoms with Crippen molar-refractivity contribution >= 4 is 33.2 Å². The molecule has 1 aromatic carbocycles. The van der Waals surface area contributed by atoms with Gasteiger partial charge in [0.2, 0.25) is 10.0 Å². The molecule has 1 aromatic rings. The van der Waals surface area contributed by atoms with Crippen LogP contribution in [0.5, 0.6) is 0 Å². The van der Waals surface area contributed by atoms with Crippen LogP contribution in [0, 0.1) is 5.82 Å². The smallest absolute Gasteiger partial charge is 0.242 e. The predicted octanol–water partition coefficient (Wildman–Crippen LogP) is 2.40. The van der Waals surface area contributed by atoms with Crippen molar-refractivity contribution in [1.82, 2.24) is 4.72 Å². The average molecular weight is 330 g/mol. The van der Waals surface area contributed by atoms with E-state index in [4.69, 9.17) is 27.9 Å². The SMILES string of the molecule is O=S(=O)(NCCCOCCCl)c1cc(F)ccc1Cl. The molecule has 0 aromatic heterocycles. The van der Waals surface area contributed by atoms with E-state index >= 15 is 0 Å². The van der Waals surface area contributed by atoms with Gasteiger partial charge in [0.1, 0.15) is 10.7 Å². The Kier molecular flexibility index (Phi) is 7.02. The van der Waals surface area contributed by atoms with Gasteiger partial charge in [0, 0.05) is 19.0 Å². The van der Waals surface area contributed by atoms with Gasteiger partial charge in [0.15, 0.2) is 0 Å². The lowest BCUT2D eigenvalue weighted by Gasteiger charge is -2.08. The van der Waals surface area contributed by atoms with Crippen molar-refractivity contribution in [3.63, 3.8) is 0 Å². The number of halogens is 3.